The van der Waals surface area contributed by atoms with Crippen molar-refractivity contribution in [3.05, 3.63) is 53.3 Å². The zero-order valence-corrected chi connectivity index (χ0v) is 9.40. The second-order valence-electron chi connectivity index (χ2n) is 3.82. The quantitative estimate of drug-likeness (QED) is 0.714. The van der Waals surface area contributed by atoms with E-state index in [1.165, 1.54) is 0 Å². The van der Waals surface area contributed by atoms with Gasteiger partial charge in [0, 0.05) is 17.5 Å². The minimum absolute atomic E-state index is 0.743. The Balaban J connectivity index is 2.60. The number of aldehydes is 1. The van der Waals surface area contributed by atoms with Crippen LogP contribution in [-0.2, 0) is 0 Å². The molecule has 0 unspecified atom stereocenters. The summed E-state index contributed by atoms with van der Waals surface area (Å²) < 4.78 is 0. The van der Waals surface area contributed by atoms with Crippen molar-refractivity contribution in [3.8, 4) is 11.1 Å². The van der Waals surface area contributed by atoms with Gasteiger partial charge in [0.05, 0.1) is 0 Å². The van der Waals surface area contributed by atoms with Gasteiger partial charge in [-0.2, -0.15) is 0 Å². The molecule has 0 saturated heterocycles. The summed E-state index contributed by atoms with van der Waals surface area (Å²) in [6, 6.07) is 9.75. The van der Waals surface area contributed by atoms with Crippen LogP contribution in [0.5, 0.6) is 0 Å². The van der Waals surface area contributed by atoms with Crippen LogP contribution in [0.2, 0.25) is 0 Å². The van der Waals surface area contributed by atoms with E-state index < -0.39 is 0 Å². The summed E-state index contributed by atoms with van der Waals surface area (Å²) in [5, 5.41) is 0. The van der Waals surface area contributed by atoms with Crippen LogP contribution in [0, 0.1) is 13.8 Å². The molecular formula is C14H13NO. The molecule has 2 aromatic rings. The molecule has 0 aliphatic rings. The number of aryl methyl sites for hydroxylation is 1. The summed E-state index contributed by atoms with van der Waals surface area (Å²) in [6.07, 6.45) is 2.69. The molecule has 0 fully saturated rings. The first kappa shape index (κ1) is 10.6. The van der Waals surface area contributed by atoms with Crippen molar-refractivity contribution in [2.24, 2.45) is 0 Å². The van der Waals surface area contributed by atoms with E-state index in [0.717, 1.165) is 34.2 Å². The highest BCUT2D eigenvalue weighted by Gasteiger charge is 2.05. The zero-order chi connectivity index (χ0) is 11.5. The van der Waals surface area contributed by atoms with Gasteiger partial charge in [-0.1, -0.05) is 18.2 Å². The first-order valence-electron chi connectivity index (χ1n) is 5.20. The number of hydrogen-bond acceptors (Lipinski definition) is 2. The Morgan fingerprint density at radius 3 is 2.69 bits per heavy atom. The van der Waals surface area contributed by atoms with E-state index in [-0.39, 0.29) is 0 Å². The monoisotopic (exact) mass is 211 g/mol. The Bertz CT molecular complexity index is 532. The largest absolute Gasteiger partial charge is 0.298 e. The molecule has 0 spiro atoms. The maximum atomic E-state index is 10.9. The normalized spacial score (nSPS) is 10.1. The van der Waals surface area contributed by atoms with Gasteiger partial charge >= 0.3 is 0 Å². The predicted octanol–water partition coefficient (Wildman–Crippen LogP) is 3.18. The summed E-state index contributed by atoms with van der Waals surface area (Å²) in [7, 11) is 0. The number of benzene rings is 1. The van der Waals surface area contributed by atoms with Gasteiger partial charge in [0.2, 0.25) is 0 Å². The zero-order valence-electron chi connectivity index (χ0n) is 9.40. The molecular weight excluding hydrogens is 198 g/mol. The van der Waals surface area contributed by atoms with Gasteiger partial charge in [-0.05, 0) is 42.7 Å². The molecule has 80 valence electrons. The molecule has 1 aromatic heterocycles. The molecule has 16 heavy (non-hydrogen) atoms. The smallest absolute Gasteiger partial charge is 0.150 e. The molecule has 0 bridgehead atoms. The van der Waals surface area contributed by atoms with Gasteiger partial charge in [-0.3, -0.25) is 9.78 Å². The molecule has 0 N–H and O–H groups in total. The fourth-order valence-electron chi connectivity index (χ4n) is 1.81. The van der Waals surface area contributed by atoms with Crippen molar-refractivity contribution in [3.63, 3.8) is 0 Å². The second-order valence-corrected chi connectivity index (χ2v) is 3.82. The second kappa shape index (κ2) is 4.27. The number of carbonyl (C=O) groups is 1. The van der Waals surface area contributed by atoms with E-state index >= 15 is 0 Å². The third-order valence-electron chi connectivity index (χ3n) is 2.71. The molecule has 0 aliphatic carbocycles. The predicted molar refractivity (Wildman–Crippen MR) is 64.5 cm³/mol. The standard InChI is InChI=1S/C14H13NO/c1-10-8-12(6-7-15-10)14-5-3-4-13(9-16)11(14)2/h3-9H,1-2H3. The van der Waals surface area contributed by atoms with Gasteiger partial charge in [0.25, 0.3) is 0 Å². The van der Waals surface area contributed by atoms with E-state index in [0.29, 0.717) is 0 Å². The van der Waals surface area contributed by atoms with E-state index in [1.807, 2.05) is 44.2 Å². The number of pyridine rings is 1. The van der Waals surface area contributed by atoms with Gasteiger partial charge in [-0.25, -0.2) is 0 Å². The average molecular weight is 211 g/mol. The summed E-state index contributed by atoms with van der Waals surface area (Å²) in [5.41, 5.74) is 4.94. The fraction of sp³-hybridized carbons (Fsp3) is 0.143. The maximum absolute atomic E-state index is 10.9. The first-order valence-corrected chi connectivity index (χ1v) is 5.20. The van der Waals surface area contributed by atoms with Crippen molar-refractivity contribution < 1.29 is 4.79 Å². The third-order valence-corrected chi connectivity index (χ3v) is 2.71. The van der Waals surface area contributed by atoms with Crippen LogP contribution in [0.25, 0.3) is 11.1 Å². The van der Waals surface area contributed by atoms with E-state index in [4.69, 9.17) is 0 Å². The Morgan fingerprint density at radius 2 is 2.00 bits per heavy atom. The minimum atomic E-state index is 0.743. The molecule has 0 radical (unpaired) electrons. The lowest BCUT2D eigenvalue weighted by Gasteiger charge is -2.08. The van der Waals surface area contributed by atoms with E-state index in [9.17, 15) is 4.79 Å². The van der Waals surface area contributed by atoms with Crippen molar-refractivity contribution in [2.75, 3.05) is 0 Å². The Labute approximate surface area is 95.0 Å². The lowest BCUT2D eigenvalue weighted by Crippen LogP contribution is -1.91. The maximum Gasteiger partial charge on any atom is 0.150 e. The van der Waals surface area contributed by atoms with Crippen LogP contribution < -0.4 is 0 Å². The summed E-state index contributed by atoms with van der Waals surface area (Å²) in [6.45, 7) is 3.93. The average Bonchev–Trinajstić information content (AvgIpc) is 2.29. The topological polar surface area (TPSA) is 30.0 Å². The van der Waals surface area contributed by atoms with Crippen molar-refractivity contribution in [1.82, 2.24) is 4.98 Å². The first-order chi connectivity index (χ1) is 7.72. The highest BCUT2D eigenvalue weighted by atomic mass is 16.1. The Hall–Kier alpha value is -1.96. The van der Waals surface area contributed by atoms with Crippen molar-refractivity contribution >= 4 is 6.29 Å². The number of hydrogen-bond donors (Lipinski definition) is 0. The van der Waals surface area contributed by atoms with Crippen LogP contribution in [0.4, 0.5) is 0 Å². The summed E-state index contributed by atoms with van der Waals surface area (Å²) in [5.74, 6) is 0. The molecule has 2 rings (SSSR count). The van der Waals surface area contributed by atoms with Crippen LogP contribution in [0.1, 0.15) is 21.6 Å². The number of aromatic nitrogens is 1. The third kappa shape index (κ3) is 1.87. The molecule has 0 saturated carbocycles. The number of carbonyl (C=O) groups excluding carboxylic acids is 1. The molecule has 0 aliphatic heterocycles. The van der Waals surface area contributed by atoms with Gasteiger partial charge in [0.1, 0.15) is 6.29 Å². The van der Waals surface area contributed by atoms with Crippen LogP contribution in [-0.4, -0.2) is 11.3 Å². The van der Waals surface area contributed by atoms with Crippen molar-refractivity contribution in [2.45, 2.75) is 13.8 Å². The van der Waals surface area contributed by atoms with E-state index in [2.05, 4.69) is 4.98 Å². The van der Waals surface area contributed by atoms with E-state index in [1.54, 1.807) is 6.20 Å². The molecule has 2 nitrogen and oxygen atoms in total. The summed E-state index contributed by atoms with van der Waals surface area (Å²) in [4.78, 5) is 15.0. The van der Waals surface area contributed by atoms with Gasteiger partial charge in [-0.15, -0.1) is 0 Å². The van der Waals surface area contributed by atoms with Crippen LogP contribution in [0.15, 0.2) is 36.5 Å². The van der Waals surface area contributed by atoms with Crippen LogP contribution >= 0.6 is 0 Å². The molecule has 0 amide bonds. The highest BCUT2D eigenvalue weighted by molar-refractivity contribution is 5.82. The molecule has 1 aromatic carbocycles. The number of nitrogens with zero attached hydrogens (tertiary/aromatic N) is 1. The van der Waals surface area contributed by atoms with Crippen LogP contribution in [0.3, 0.4) is 0 Å². The Morgan fingerprint density at radius 1 is 1.19 bits per heavy atom. The lowest BCUT2D eigenvalue weighted by atomic mass is 9.97. The molecule has 0 atom stereocenters. The van der Waals surface area contributed by atoms with Crippen molar-refractivity contribution in [1.29, 1.82) is 0 Å². The lowest BCUT2D eigenvalue weighted by molar-refractivity contribution is 0.112. The number of rotatable bonds is 2. The SMILES string of the molecule is Cc1cc(-c2cccc(C=O)c2C)ccn1. The van der Waals surface area contributed by atoms with Gasteiger partial charge in [0.15, 0.2) is 0 Å². The summed E-state index contributed by atoms with van der Waals surface area (Å²) >= 11 is 0. The minimum Gasteiger partial charge on any atom is -0.298 e. The highest BCUT2D eigenvalue weighted by Crippen LogP contribution is 2.24. The van der Waals surface area contributed by atoms with Gasteiger partial charge < -0.3 is 0 Å². The molecule has 1 heterocycles. The molecule has 2 heteroatoms. The Kier molecular flexibility index (Phi) is 2.82. The fourth-order valence-corrected chi connectivity index (χ4v) is 1.81.